The molecule has 0 aliphatic carbocycles. The van der Waals surface area contributed by atoms with Crippen LogP contribution in [0, 0.1) is 0 Å². The molecule has 17 nitrogen and oxygen atoms in total. The molecule has 0 saturated carbocycles. The van der Waals surface area contributed by atoms with Gasteiger partial charge < -0.3 is 9.74 Å². The molecule has 3 aliphatic heterocycles. The maximum Gasteiger partial charge on any atom is 0.333 e. The number of hydrogen-bond donors (Lipinski definition) is 3. The molecule has 0 bridgehead atoms. The number of imide groups is 1. The van der Waals surface area contributed by atoms with Crippen LogP contribution in [0.5, 0.6) is 0 Å². The lowest BCUT2D eigenvalue weighted by Crippen LogP contribution is -2.37. The van der Waals surface area contributed by atoms with Gasteiger partial charge >= 0.3 is 11.8 Å². The van der Waals surface area contributed by atoms with Gasteiger partial charge in [0.15, 0.2) is 5.71 Å². The zero-order valence-electron chi connectivity index (χ0n) is 34.3. The first kappa shape index (κ1) is 46.0. The molecule has 4 heterocycles. The number of fused-ring (bicyclic) bond motifs is 2. The van der Waals surface area contributed by atoms with E-state index < -0.39 is 60.5 Å². The smallest absolute Gasteiger partial charge is 0.333 e. The van der Waals surface area contributed by atoms with Crippen LogP contribution >= 0.6 is 0 Å². The van der Waals surface area contributed by atoms with Crippen LogP contribution in [0.4, 0.5) is 11.5 Å². The summed E-state index contributed by atoms with van der Waals surface area (Å²) in [6.45, 7) is 10.9. The number of amides is 3. The molecule has 2 aromatic rings. The normalized spacial score (nSPS) is 17.9. The highest BCUT2D eigenvalue weighted by Crippen LogP contribution is 2.48. The Labute approximate surface area is 350 Å². The molecule has 3 aliphatic rings. The first-order chi connectivity index (χ1) is 28.1. The number of nitrogens with zero attached hydrogens (tertiary/aromatic N) is 4. The molecule has 3 N–H and O–H groups in total. The van der Waals surface area contributed by atoms with Crippen molar-refractivity contribution in [3.05, 3.63) is 83.2 Å². The van der Waals surface area contributed by atoms with Gasteiger partial charge in [-0.25, -0.2) is 14.8 Å². The lowest BCUT2D eigenvalue weighted by Gasteiger charge is -2.27. The van der Waals surface area contributed by atoms with Gasteiger partial charge in [0, 0.05) is 42.6 Å². The summed E-state index contributed by atoms with van der Waals surface area (Å²) in [7, 11) is -8.67. The fraction of sp³-hybridized carbons (Fsp3) is 0.463. The predicted octanol–water partition coefficient (Wildman–Crippen LogP) is 4.90. The zero-order chi connectivity index (χ0) is 44.0. The molecule has 19 heteroatoms. The van der Waals surface area contributed by atoms with Gasteiger partial charge in [0.2, 0.25) is 0 Å². The number of aryl methyl sites for hydroxylation is 1. The van der Waals surface area contributed by atoms with Crippen molar-refractivity contribution in [1.82, 2.24) is 10.5 Å². The van der Waals surface area contributed by atoms with E-state index in [4.69, 9.17) is 14.7 Å². The van der Waals surface area contributed by atoms with Crippen molar-refractivity contribution < 1.29 is 59.4 Å². The summed E-state index contributed by atoms with van der Waals surface area (Å²) in [5.74, 6) is -1.86. The number of hydroxylamine groups is 3. The maximum absolute atomic E-state index is 13.2. The van der Waals surface area contributed by atoms with Gasteiger partial charge in [0.05, 0.1) is 40.3 Å². The minimum absolute atomic E-state index is 0.0281. The number of carbonyl (C=O) groups excluding carboxylic acids is 4. The quantitative estimate of drug-likeness (QED) is 0.0427. The Bertz CT molecular complexity index is 2370. The van der Waals surface area contributed by atoms with Crippen molar-refractivity contribution in [2.45, 2.75) is 108 Å². The number of allylic oxidation sites excluding steroid dienone is 6. The summed E-state index contributed by atoms with van der Waals surface area (Å²) >= 11 is 0. The monoisotopic (exact) mass is 870 g/mol. The molecule has 5 rings (SSSR count). The van der Waals surface area contributed by atoms with E-state index in [0.717, 1.165) is 29.2 Å². The number of nitrogens with one attached hydrogen (secondary N) is 1. The fourth-order valence-corrected chi connectivity index (χ4v) is 8.32. The predicted molar refractivity (Wildman–Crippen MR) is 220 cm³/mol. The molecule has 60 heavy (non-hydrogen) atoms. The summed E-state index contributed by atoms with van der Waals surface area (Å²) < 4.78 is 67.8. The van der Waals surface area contributed by atoms with Gasteiger partial charge in [-0.15, -0.1) is 5.06 Å². The van der Waals surface area contributed by atoms with Crippen LogP contribution in [-0.4, -0.2) is 79.3 Å². The van der Waals surface area contributed by atoms with Crippen molar-refractivity contribution in [3.8, 4) is 0 Å². The minimum atomic E-state index is -4.47. The highest BCUT2D eigenvalue weighted by Gasteiger charge is 2.43. The Hall–Kier alpha value is -5.08. The summed E-state index contributed by atoms with van der Waals surface area (Å²) in [6.07, 6.45) is 13.5. The van der Waals surface area contributed by atoms with Crippen LogP contribution in [0.25, 0.3) is 0 Å². The largest absolute Gasteiger partial charge is 0.344 e. The average molecular weight is 871 g/mol. The first-order valence-electron chi connectivity index (χ1n) is 19.7. The van der Waals surface area contributed by atoms with Gasteiger partial charge in [-0.05, 0) is 86.5 Å². The molecule has 1 aromatic carbocycles. The van der Waals surface area contributed by atoms with Crippen LogP contribution in [0.3, 0.4) is 0 Å². The molecule has 0 spiro atoms. The van der Waals surface area contributed by atoms with E-state index in [1.165, 1.54) is 12.1 Å². The third-order valence-corrected chi connectivity index (χ3v) is 12.2. The number of unbranched alkanes of at least 4 members (excludes halogenated alkanes) is 2. The highest BCUT2D eigenvalue weighted by atomic mass is 32.2. The van der Waals surface area contributed by atoms with Crippen molar-refractivity contribution in [1.29, 1.82) is 0 Å². The van der Waals surface area contributed by atoms with Crippen LogP contribution < -0.4 is 14.9 Å². The molecule has 1 saturated heterocycles. The Morgan fingerprint density at radius 2 is 1.65 bits per heavy atom. The topological polar surface area (TPSA) is 230 Å². The Balaban J connectivity index is 1.22. The van der Waals surface area contributed by atoms with Crippen LogP contribution in [0.15, 0.2) is 76.4 Å². The second-order valence-electron chi connectivity index (χ2n) is 15.8. The third kappa shape index (κ3) is 10.8. The standard InChI is InChI=1S/C41H51N5O12S2/c1-6-21-44-27-28(39(50)43-57-23-12-8-11-16-37(49)58-46-35(47)19-20-36(46)48)25-31-38(44)42-33(40(31,2)3)14-9-7-10-15-34-41(4,5)30-26-29(60(54,55)56)17-18-32(30)45(34)22-13-24-59(51,52)53/h7,9-10,14-15,17-18,25-27H,6,8,11-13,16,19-24H2,1-5H3,(H2-,43,50,51,52,53,54,55,56)/p+1. The third-order valence-electron chi connectivity index (χ3n) is 10.5. The SMILES string of the molecule is CCC[n+]1cc(C(=O)NOCCCCCC(=O)ON2C(=O)CCC2=O)cc2c1N=C(/C=C/C=C/C=C1/N(CCCS(=O)(=O)O)c3ccc(S(=O)(=O)O)cc3C1(C)C)C2(C)C. The molecule has 1 aromatic heterocycles. The highest BCUT2D eigenvalue weighted by molar-refractivity contribution is 7.86. The minimum Gasteiger partial charge on any atom is -0.344 e. The molecule has 1 fully saturated rings. The summed E-state index contributed by atoms with van der Waals surface area (Å²) in [6, 6.07) is 6.08. The molecule has 0 atom stereocenters. The lowest BCUT2D eigenvalue weighted by molar-refractivity contribution is -0.684. The molecule has 3 amide bonds. The maximum atomic E-state index is 13.2. The number of pyridine rings is 1. The van der Waals surface area contributed by atoms with Gasteiger partial charge in [0.1, 0.15) is 6.20 Å². The van der Waals surface area contributed by atoms with E-state index in [0.29, 0.717) is 47.7 Å². The average Bonchev–Trinajstić information content (AvgIpc) is 3.70. The van der Waals surface area contributed by atoms with Gasteiger partial charge in [-0.1, -0.05) is 45.4 Å². The number of rotatable bonds is 19. The molecule has 0 unspecified atom stereocenters. The molecule has 324 valence electrons. The zero-order valence-corrected chi connectivity index (χ0v) is 36.0. The van der Waals surface area contributed by atoms with E-state index in [2.05, 4.69) is 5.48 Å². The molecular weight excluding hydrogens is 819 g/mol. The van der Waals surface area contributed by atoms with Gasteiger partial charge in [0.25, 0.3) is 38.0 Å². The Morgan fingerprint density at radius 3 is 2.32 bits per heavy atom. The second-order valence-corrected chi connectivity index (χ2v) is 18.8. The summed E-state index contributed by atoms with van der Waals surface area (Å²) in [5.41, 5.74) is 5.23. The van der Waals surface area contributed by atoms with Crippen molar-refractivity contribution in [2.24, 2.45) is 4.99 Å². The van der Waals surface area contributed by atoms with Crippen LogP contribution in [0.2, 0.25) is 0 Å². The van der Waals surface area contributed by atoms with Crippen molar-refractivity contribution >= 4 is 61.1 Å². The number of aliphatic imine (C=N–C) groups is 1. The van der Waals surface area contributed by atoms with Crippen molar-refractivity contribution in [3.63, 3.8) is 0 Å². The fourth-order valence-electron chi connectivity index (χ4n) is 7.32. The number of carbonyl (C=O) groups is 4. The summed E-state index contributed by atoms with van der Waals surface area (Å²) in [4.78, 5) is 65.3. The van der Waals surface area contributed by atoms with Gasteiger partial charge in [-0.3, -0.25) is 28.3 Å². The van der Waals surface area contributed by atoms with Gasteiger partial charge in [-0.2, -0.15) is 16.8 Å². The first-order valence-corrected chi connectivity index (χ1v) is 22.8. The number of anilines is 1. The molecule has 0 radical (unpaired) electrons. The lowest BCUT2D eigenvalue weighted by atomic mass is 9.81. The van der Waals surface area contributed by atoms with Crippen LogP contribution in [-0.2, 0) is 61.7 Å². The van der Waals surface area contributed by atoms with E-state index in [9.17, 15) is 45.1 Å². The summed E-state index contributed by atoms with van der Waals surface area (Å²) in [5, 5.41) is 0.528. The number of benzene rings is 1. The van der Waals surface area contributed by atoms with E-state index in [1.54, 1.807) is 18.3 Å². The van der Waals surface area contributed by atoms with E-state index in [-0.39, 0.29) is 43.7 Å². The van der Waals surface area contributed by atoms with Crippen LogP contribution in [0.1, 0.15) is 107 Å². The van der Waals surface area contributed by atoms with E-state index >= 15 is 0 Å². The Morgan fingerprint density at radius 1 is 0.933 bits per heavy atom. The molecular formula is C41H52N5O12S2+. The van der Waals surface area contributed by atoms with Crippen molar-refractivity contribution in [2.75, 3.05) is 23.8 Å². The van der Waals surface area contributed by atoms with E-state index in [1.807, 2.05) is 74.5 Å². The number of hydrogen-bond acceptors (Lipinski definition) is 12. The Kier molecular flexibility index (Phi) is 14.3. The second kappa shape index (κ2) is 18.7. The number of aromatic nitrogens is 1.